The molecule has 0 aliphatic heterocycles. The number of benzene rings is 3. The van der Waals surface area contributed by atoms with Gasteiger partial charge in [0.25, 0.3) is 0 Å². The molecule has 73 heavy (non-hydrogen) atoms. The van der Waals surface area contributed by atoms with Gasteiger partial charge in [-0.1, -0.05) is 91.7 Å². The smallest absolute Gasteiger partial charge is 0.407 e. The fraction of sp³-hybridized carbons (Fsp3) is 0.509. The van der Waals surface area contributed by atoms with E-state index in [9.17, 15) is 38.7 Å². The first-order valence-electron chi connectivity index (χ1n) is 25.2. The molecule has 4 aromatic rings. The van der Waals surface area contributed by atoms with Crippen LogP contribution in [0.2, 0.25) is 0 Å². The maximum Gasteiger partial charge on any atom is 0.407 e. The molecule has 9 N–H and O–H groups in total. The van der Waals surface area contributed by atoms with Crippen molar-refractivity contribution in [3.63, 3.8) is 0 Å². The zero-order chi connectivity index (χ0) is 53.5. The number of likely N-dealkylation sites (N-methyl/N-ethyl adjacent to an activating group) is 1. The lowest BCUT2D eigenvalue weighted by atomic mass is 9.91. The third-order valence-corrected chi connectivity index (χ3v) is 12.9. The van der Waals surface area contributed by atoms with Crippen LogP contribution in [0.5, 0.6) is 0 Å². The standard InChI is InChI=1S/C55H76N8O10/c1-35(72-53(2,3)4)45(62-47(65)42(27-17-20-30-57-52(71)73-54(5,6)7)59-46(64)40(56)33-38-34-58-41-26-16-15-25-39(38)41)48(66)60-43(31-36-21-11-9-12-22-36)49(67)63(8)55(28-18-19-29-55)51(70)61-44(50(68)69)32-37-23-13-10-14-24-37/h9-16,21-26,34-35,40,42-45,58H,17-20,27-33,56H2,1-8H3,(H,57,71)(H,59,64)(H,60,66)(H,61,70)(H,62,65)(H,68,69)/t35-,40-,42+,43+,44+,45+/m1/s1. The number of unbranched alkanes of at least 4 members (excludes halogenated alkanes) is 1. The molecule has 6 atom stereocenters. The second-order valence-electron chi connectivity index (χ2n) is 21.0. The second-order valence-corrected chi connectivity index (χ2v) is 21.0. The Balaban J connectivity index is 1.40. The van der Waals surface area contributed by atoms with Crippen molar-refractivity contribution in [2.75, 3.05) is 13.6 Å². The maximum absolute atomic E-state index is 15.0. The molecular weight excluding hydrogens is 933 g/mol. The van der Waals surface area contributed by atoms with Crippen molar-refractivity contribution in [3.05, 3.63) is 108 Å². The molecule has 6 amide bonds. The SMILES string of the molecule is C[C@@H](OC(C)(C)C)[C@H](NC(=O)[C@H](CCCCNC(=O)OC(C)(C)C)NC(=O)[C@H](N)Cc1c[nH]c2ccccc12)C(=O)N[C@@H](Cc1ccccc1)C(=O)N(C)C1(C(=O)N[C@@H](Cc2ccccc2)C(=O)O)CCCC1. The topological polar surface area (TPSA) is 263 Å². The van der Waals surface area contributed by atoms with E-state index in [1.807, 2.05) is 36.4 Å². The number of amides is 6. The van der Waals surface area contributed by atoms with Crippen molar-refractivity contribution < 1.29 is 48.1 Å². The first-order chi connectivity index (χ1) is 34.5. The van der Waals surface area contributed by atoms with Gasteiger partial charge in [-0.25, -0.2) is 9.59 Å². The Morgan fingerprint density at radius 1 is 0.712 bits per heavy atom. The van der Waals surface area contributed by atoms with E-state index in [1.165, 1.54) is 11.9 Å². The van der Waals surface area contributed by atoms with Crippen molar-refractivity contribution >= 4 is 52.5 Å². The van der Waals surface area contributed by atoms with Gasteiger partial charge in [0.15, 0.2) is 0 Å². The molecule has 0 unspecified atom stereocenters. The van der Waals surface area contributed by atoms with Crippen molar-refractivity contribution in [3.8, 4) is 0 Å². The van der Waals surface area contributed by atoms with Gasteiger partial charge in [0.1, 0.15) is 35.3 Å². The molecule has 0 radical (unpaired) electrons. The number of carbonyl (C=O) groups excluding carboxylic acids is 6. The molecule has 18 nitrogen and oxygen atoms in total. The van der Waals surface area contributed by atoms with Gasteiger partial charge in [-0.3, -0.25) is 24.0 Å². The molecule has 1 aliphatic rings. The summed E-state index contributed by atoms with van der Waals surface area (Å²) in [6, 6.07) is 19.3. The molecular formula is C55H76N8O10. The number of nitrogens with one attached hydrogen (secondary N) is 6. The van der Waals surface area contributed by atoms with E-state index in [2.05, 4.69) is 31.6 Å². The average molecular weight is 1010 g/mol. The Morgan fingerprint density at radius 3 is 1.88 bits per heavy atom. The summed E-state index contributed by atoms with van der Waals surface area (Å²) in [5.41, 5.74) is 6.66. The van der Waals surface area contributed by atoms with E-state index < -0.39 is 94.7 Å². The highest BCUT2D eigenvalue weighted by Crippen LogP contribution is 2.36. The van der Waals surface area contributed by atoms with Crippen LogP contribution >= 0.6 is 0 Å². The van der Waals surface area contributed by atoms with E-state index in [-0.39, 0.29) is 45.1 Å². The molecule has 1 aromatic heterocycles. The summed E-state index contributed by atoms with van der Waals surface area (Å²) in [5.74, 6) is -4.53. The minimum atomic E-state index is -1.43. The summed E-state index contributed by atoms with van der Waals surface area (Å²) in [4.78, 5) is 102. The molecule has 396 valence electrons. The number of aliphatic carboxylic acids is 1. The summed E-state index contributed by atoms with van der Waals surface area (Å²) in [6.07, 6.45) is 2.96. The lowest BCUT2D eigenvalue weighted by Crippen LogP contribution is -2.65. The number of para-hydroxylation sites is 1. The highest BCUT2D eigenvalue weighted by molar-refractivity contribution is 5.98. The minimum absolute atomic E-state index is 0.00127. The Bertz CT molecular complexity index is 2500. The summed E-state index contributed by atoms with van der Waals surface area (Å²) in [7, 11) is 1.49. The molecule has 3 aromatic carbocycles. The molecule has 0 bridgehead atoms. The summed E-state index contributed by atoms with van der Waals surface area (Å²) < 4.78 is 11.6. The van der Waals surface area contributed by atoms with Crippen LogP contribution in [-0.2, 0) is 57.5 Å². The first kappa shape index (κ1) is 57.1. The number of hydrogen-bond acceptors (Lipinski definition) is 10. The molecule has 0 spiro atoms. The molecule has 5 rings (SSSR count). The van der Waals surface area contributed by atoms with Gasteiger partial charge in [-0.05, 0) is 110 Å². The molecule has 1 aliphatic carbocycles. The van der Waals surface area contributed by atoms with Crippen LogP contribution in [-0.4, -0.2) is 123 Å². The summed E-state index contributed by atoms with van der Waals surface area (Å²) in [5, 5.41) is 25.1. The Labute approximate surface area is 428 Å². The zero-order valence-electron chi connectivity index (χ0n) is 43.5. The first-order valence-corrected chi connectivity index (χ1v) is 25.2. The van der Waals surface area contributed by atoms with Gasteiger partial charge < -0.3 is 56.8 Å². The van der Waals surface area contributed by atoms with Gasteiger partial charge in [-0.15, -0.1) is 0 Å². The van der Waals surface area contributed by atoms with Crippen LogP contribution in [0.4, 0.5) is 4.79 Å². The number of nitrogens with two attached hydrogens (primary N) is 1. The van der Waals surface area contributed by atoms with Gasteiger partial charge >= 0.3 is 12.1 Å². The predicted molar refractivity (Wildman–Crippen MR) is 278 cm³/mol. The van der Waals surface area contributed by atoms with Crippen molar-refractivity contribution in [2.24, 2.45) is 5.73 Å². The normalized spacial score (nSPS) is 15.9. The van der Waals surface area contributed by atoms with Crippen LogP contribution < -0.4 is 32.3 Å². The fourth-order valence-electron chi connectivity index (χ4n) is 9.20. The van der Waals surface area contributed by atoms with Crippen LogP contribution in [0, 0.1) is 0 Å². The number of hydrogen-bond donors (Lipinski definition) is 8. The van der Waals surface area contributed by atoms with Gasteiger partial charge in [0, 0.05) is 43.5 Å². The minimum Gasteiger partial charge on any atom is -0.480 e. The lowest BCUT2D eigenvalue weighted by molar-refractivity contribution is -0.151. The quantitative estimate of drug-likeness (QED) is 0.0422. The van der Waals surface area contributed by atoms with E-state index >= 15 is 0 Å². The number of rotatable bonds is 24. The predicted octanol–water partition coefficient (Wildman–Crippen LogP) is 5.22. The number of H-pyrrole nitrogens is 1. The Hall–Kier alpha value is -6.79. The number of carboxylic acid groups (broad SMARTS) is 1. The molecule has 1 saturated carbocycles. The number of carboxylic acids is 1. The lowest BCUT2D eigenvalue weighted by Gasteiger charge is -2.40. The van der Waals surface area contributed by atoms with Crippen molar-refractivity contribution in [1.82, 2.24) is 36.5 Å². The second kappa shape index (κ2) is 25.7. The highest BCUT2D eigenvalue weighted by Gasteiger charge is 2.49. The van der Waals surface area contributed by atoms with Gasteiger partial charge in [0.05, 0.1) is 17.7 Å². The van der Waals surface area contributed by atoms with Crippen molar-refractivity contribution in [1.29, 1.82) is 0 Å². The van der Waals surface area contributed by atoms with Crippen LogP contribution in [0.15, 0.2) is 91.1 Å². The van der Waals surface area contributed by atoms with E-state index in [0.717, 1.165) is 16.5 Å². The third-order valence-electron chi connectivity index (χ3n) is 12.9. The Kier molecular flexibility index (Phi) is 20.1. The molecule has 1 heterocycles. The average Bonchev–Trinajstić information content (AvgIpc) is 4.00. The third kappa shape index (κ3) is 16.9. The van der Waals surface area contributed by atoms with E-state index in [4.69, 9.17) is 15.2 Å². The number of carbonyl (C=O) groups is 7. The van der Waals surface area contributed by atoms with E-state index in [1.54, 1.807) is 103 Å². The maximum atomic E-state index is 15.0. The number of fused-ring (bicyclic) bond motifs is 1. The fourth-order valence-corrected chi connectivity index (χ4v) is 9.20. The van der Waals surface area contributed by atoms with Crippen LogP contribution in [0.1, 0.15) is 110 Å². The largest absolute Gasteiger partial charge is 0.480 e. The number of aromatic amines is 1. The zero-order valence-corrected chi connectivity index (χ0v) is 43.5. The van der Waals surface area contributed by atoms with Gasteiger partial charge in [-0.2, -0.15) is 0 Å². The molecule has 18 heteroatoms. The number of ether oxygens (including phenoxy) is 2. The monoisotopic (exact) mass is 1010 g/mol. The van der Waals surface area contributed by atoms with Gasteiger partial charge in [0.2, 0.25) is 29.5 Å². The number of nitrogens with zero attached hydrogens (tertiary/aromatic N) is 1. The highest BCUT2D eigenvalue weighted by atomic mass is 16.6. The van der Waals surface area contributed by atoms with Crippen molar-refractivity contribution in [2.45, 2.75) is 166 Å². The summed E-state index contributed by atoms with van der Waals surface area (Å²) in [6.45, 7) is 12.5. The molecule has 0 saturated heterocycles. The van der Waals surface area contributed by atoms with Crippen LogP contribution in [0.3, 0.4) is 0 Å². The summed E-state index contributed by atoms with van der Waals surface area (Å²) >= 11 is 0. The van der Waals surface area contributed by atoms with Crippen LogP contribution in [0.25, 0.3) is 10.9 Å². The van der Waals surface area contributed by atoms with E-state index in [0.29, 0.717) is 36.8 Å². The molecule has 1 fully saturated rings. The number of aromatic nitrogens is 1. The number of alkyl carbamates (subject to hydrolysis) is 1. The Morgan fingerprint density at radius 2 is 1.29 bits per heavy atom.